The van der Waals surface area contributed by atoms with Crippen LogP contribution in [0.2, 0.25) is 10.0 Å². The number of carbonyl (C=O) groups excluding carboxylic acids is 2. The zero-order valence-corrected chi connectivity index (χ0v) is 21.3. The Bertz CT molecular complexity index is 1390. The first-order valence-electron chi connectivity index (χ1n) is 12.1. The highest BCUT2D eigenvalue weighted by Gasteiger charge is 2.70. The van der Waals surface area contributed by atoms with Gasteiger partial charge in [0.05, 0.1) is 0 Å². The second kappa shape index (κ2) is 9.75. The van der Waals surface area contributed by atoms with Crippen molar-refractivity contribution in [1.82, 2.24) is 0 Å². The maximum absolute atomic E-state index is 6.69. The van der Waals surface area contributed by atoms with Gasteiger partial charge in [-0.25, -0.2) is 0 Å². The van der Waals surface area contributed by atoms with Gasteiger partial charge >= 0.3 is 25.4 Å². The van der Waals surface area contributed by atoms with E-state index in [4.69, 9.17) is 45.8 Å². The lowest BCUT2D eigenvalue weighted by molar-refractivity contribution is -0.428. The van der Waals surface area contributed by atoms with Gasteiger partial charge in [-0.15, -0.1) is 0 Å². The molecule has 0 spiro atoms. The van der Waals surface area contributed by atoms with E-state index in [9.17, 15) is 0 Å². The lowest BCUT2D eigenvalue weighted by atomic mass is 9.58. The second-order valence-electron chi connectivity index (χ2n) is 9.00. The van der Waals surface area contributed by atoms with Gasteiger partial charge in [0, 0.05) is 10.0 Å². The van der Waals surface area contributed by atoms with Crippen LogP contribution in [-0.4, -0.2) is 25.4 Å². The van der Waals surface area contributed by atoms with E-state index in [-0.39, 0.29) is 11.9 Å². The van der Waals surface area contributed by atoms with Gasteiger partial charge in [0.1, 0.15) is 12.8 Å². The van der Waals surface area contributed by atoms with Crippen LogP contribution >= 0.6 is 23.2 Å². The molecule has 4 aromatic carbocycles. The number of hydrogen-bond acceptors (Lipinski definition) is 3. The molecule has 0 amide bonds. The Hall–Kier alpha value is -3.51. The molecule has 2 aliphatic rings. The molecule has 2 aliphatic heterocycles. The summed E-state index contributed by atoms with van der Waals surface area (Å²) >= 11 is 13.4. The number of halogens is 2. The molecule has 0 aliphatic carbocycles. The third-order valence-corrected chi connectivity index (χ3v) is 7.15. The first kappa shape index (κ1) is 23.9. The van der Waals surface area contributed by atoms with Crippen LogP contribution < -0.4 is 10.9 Å². The average Bonchev–Trinajstić information content (AvgIpc) is 2.90. The second-order valence-corrected chi connectivity index (χ2v) is 9.82. The fourth-order valence-corrected chi connectivity index (χ4v) is 5.30. The molecular formula is C28H22B2Cl2O5. The first-order valence-corrected chi connectivity index (χ1v) is 12.8. The lowest BCUT2D eigenvalue weighted by Crippen LogP contribution is -2.75. The van der Waals surface area contributed by atoms with E-state index in [1.807, 2.05) is 97.1 Å². The molecule has 2 atom stereocenters. The molecular weight excluding hydrogens is 509 g/mol. The summed E-state index contributed by atoms with van der Waals surface area (Å²) in [5.41, 5.74) is 3.07. The van der Waals surface area contributed by atoms with Gasteiger partial charge in [-0.3, -0.25) is 0 Å². The molecule has 2 heterocycles. The summed E-state index contributed by atoms with van der Waals surface area (Å²) in [5, 5.41) is 0.876. The van der Waals surface area contributed by atoms with Crippen molar-refractivity contribution in [2.75, 3.05) is 0 Å². The Morgan fingerprint density at radius 2 is 0.892 bits per heavy atom. The van der Waals surface area contributed by atoms with Gasteiger partial charge in [-0.2, -0.15) is 0 Å². The standard InChI is InChI=1S/C28H22B2Cl2O5/c31-25-17-9-7-15-23(25)29-33-27(19-21-11-3-1-4-12-21)34-30(37-29,24-16-8-10-18-26(24)32)36-28(35-29)20-22-13-5-2-6-14-22/h1-18H,19-20H2/t29-,30+. The van der Waals surface area contributed by atoms with Crippen molar-refractivity contribution in [3.05, 3.63) is 130 Å². The number of fused-ring (bicyclic) bond motifs is 2. The predicted octanol–water partition coefficient (Wildman–Crippen LogP) is 4.67. The van der Waals surface area contributed by atoms with Gasteiger partial charge in [0.25, 0.3) is 0 Å². The van der Waals surface area contributed by atoms with E-state index in [2.05, 4.69) is 0 Å². The van der Waals surface area contributed by atoms with Crippen molar-refractivity contribution in [2.24, 2.45) is 0 Å². The summed E-state index contributed by atoms with van der Waals surface area (Å²) in [6.07, 6.45) is 0.708. The monoisotopic (exact) mass is 530 g/mol. The molecule has 6 rings (SSSR count). The van der Waals surface area contributed by atoms with Crippen LogP contribution in [0.1, 0.15) is 11.1 Å². The van der Waals surface area contributed by atoms with Crippen LogP contribution in [0, 0.1) is 0 Å². The van der Waals surface area contributed by atoms with Crippen molar-refractivity contribution in [3.63, 3.8) is 0 Å². The smallest absolute Gasteiger partial charge is 0.558 e. The van der Waals surface area contributed by atoms with Crippen LogP contribution in [0.15, 0.2) is 109 Å². The van der Waals surface area contributed by atoms with E-state index in [0.717, 1.165) is 11.1 Å². The minimum Gasteiger partial charge on any atom is -0.558 e. The summed E-state index contributed by atoms with van der Waals surface area (Å²) in [6, 6.07) is 34.3. The topological polar surface area (TPSA) is 50.3 Å². The highest BCUT2D eigenvalue weighted by molar-refractivity contribution is 6.90. The van der Waals surface area contributed by atoms with Crippen molar-refractivity contribution in [3.8, 4) is 0 Å². The molecule has 0 radical (unpaired) electrons. The van der Waals surface area contributed by atoms with Crippen molar-refractivity contribution < 1.29 is 22.6 Å². The zero-order valence-electron chi connectivity index (χ0n) is 19.8. The molecule has 2 bridgehead atoms. The molecule has 0 unspecified atom stereocenters. The normalized spacial score (nSPS) is 22.3. The summed E-state index contributed by atoms with van der Waals surface area (Å²) in [5.74, 6) is 0.576. The summed E-state index contributed by atoms with van der Waals surface area (Å²) in [4.78, 5) is 0. The van der Waals surface area contributed by atoms with E-state index in [1.54, 1.807) is 12.1 Å². The number of hydrogen-bond donors (Lipinski definition) is 0. The average molecular weight is 531 g/mol. The highest BCUT2D eigenvalue weighted by Crippen LogP contribution is 2.30. The van der Waals surface area contributed by atoms with Crippen LogP contribution in [0.25, 0.3) is 0 Å². The van der Waals surface area contributed by atoms with Gasteiger partial charge < -0.3 is 22.6 Å². The zero-order chi connectivity index (χ0) is 25.3. The maximum atomic E-state index is 6.69. The minimum atomic E-state index is -2.66. The predicted molar refractivity (Wildman–Crippen MR) is 147 cm³/mol. The summed E-state index contributed by atoms with van der Waals surface area (Å²) in [7, 11) is 0. The molecule has 4 aromatic rings. The van der Waals surface area contributed by atoms with Gasteiger partial charge in [0.2, 0.25) is 0 Å². The molecule has 184 valence electrons. The molecule has 0 aromatic heterocycles. The Kier molecular flexibility index (Phi) is 6.29. The Balaban J connectivity index is 1.55. The molecule has 0 N–H and O–H groups in total. The minimum absolute atomic E-state index is 0.288. The molecule has 37 heavy (non-hydrogen) atoms. The van der Waals surface area contributed by atoms with Crippen LogP contribution in [0.4, 0.5) is 0 Å². The van der Waals surface area contributed by atoms with Crippen molar-refractivity contribution in [1.29, 1.82) is 0 Å². The number of benzene rings is 4. The molecule has 0 fully saturated rings. The third kappa shape index (κ3) is 4.66. The quantitative estimate of drug-likeness (QED) is 0.269. The summed E-state index contributed by atoms with van der Waals surface area (Å²) < 4.78 is 32.5. The Labute approximate surface area is 224 Å². The van der Waals surface area contributed by atoms with Crippen LogP contribution in [0.5, 0.6) is 0 Å². The van der Waals surface area contributed by atoms with E-state index < -0.39 is 13.5 Å². The molecule has 0 saturated carbocycles. The Morgan fingerprint density at radius 3 is 1.30 bits per heavy atom. The van der Waals surface area contributed by atoms with Crippen LogP contribution in [-0.2, 0) is 35.4 Å². The van der Waals surface area contributed by atoms with E-state index in [0.29, 0.717) is 33.8 Å². The van der Waals surface area contributed by atoms with Gasteiger partial charge in [-0.1, -0.05) is 120 Å². The molecule has 9 heteroatoms. The molecule has 5 nitrogen and oxygen atoms in total. The van der Waals surface area contributed by atoms with Gasteiger partial charge in [-0.05, 0) is 34.2 Å². The van der Waals surface area contributed by atoms with E-state index in [1.165, 1.54) is 0 Å². The van der Waals surface area contributed by atoms with Gasteiger partial charge in [0.15, 0.2) is 0 Å². The van der Waals surface area contributed by atoms with E-state index >= 15 is 0 Å². The fraction of sp³-hybridized carbons (Fsp3) is 0.0714. The highest BCUT2D eigenvalue weighted by atomic mass is 35.5. The summed E-state index contributed by atoms with van der Waals surface area (Å²) in [6.45, 7) is -5.31. The first-order chi connectivity index (χ1) is 18.1. The van der Waals surface area contributed by atoms with Crippen LogP contribution in [0.3, 0.4) is 0 Å². The SMILES string of the molecule is Clc1ccccc1[B@-]12OC(Cc3ccccc3)=[O+][B@-](c3ccccc3Cl)(OC(Cc3ccccc3)=[O+]1)O2. The van der Waals surface area contributed by atoms with Crippen molar-refractivity contribution >= 4 is 59.6 Å². The third-order valence-electron chi connectivity index (χ3n) is 6.46. The maximum Gasteiger partial charge on any atom is 0.750 e. The van der Waals surface area contributed by atoms with Crippen molar-refractivity contribution in [2.45, 2.75) is 12.8 Å². The molecule has 0 saturated heterocycles. The fourth-order valence-electron chi connectivity index (χ4n) is 4.76. The Morgan fingerprint density at radius 1 is 0.514 bits per heavy atom. The largest absolute Gasteiger partial charge is 0.750 e. The number of rotatable bonds is 6. The lowest BCUT2D eigenvalue weighted by Gasteiger charge is -2.43.